The van der Waals surface area contributed by atoms with E-state index in [0.29, 0.717) is 18.8 Å². The molecule has 23 heavy (non-hydrogen) atoms. The molecule has 122 valence electrons. The fraction of sp³-hybridized carbons (Fsp3) is 0.412. The fourth-order valence-electron chi connectivity index (χ4n) is 3.22. The van der Waals surface area contributed by atoms with Gasteiger partial charge < -0.3 is 4.98 Å². The molecule has 3 rings (SSSR count). The van der Waals surface area contributed by atoms with Crippen LogP contribution in [0.25, 0.3) is 0 Å². The maximum Gasteiger partial charge on any atom is 0.328 e. The van der Waals surface area contributed by atoms with Gasteiger partial charge in [-0.1, -0.05) is 6.07 Å². The predicted molar refractivity (Wildman–Crippen MR) is 86.2 cm³/mol. The van der Waals surface area contributed by atoms with Crippen molar-refractivity contribution in [2.24, 2.45) is 0 Å². The van der Waals surface area contributed by atoms with Gasteiger partial charge in [-0.2, -0.15) is 0 Å². The first kappa shape index (κ1) is 15.7. The summed E-state index contributed by atoms with van der Waals surface area (Å²) in [5.41, 5.74) is 2.04. The summed E-state index contributed by atoms with van der Waals surface area (Å²) >= 11 is 0. The van der Waals surface area contributed by atoms with Gasteiger partial charge in [-0.05, 0) is 43.5 Å². The number of benzene rings is 1. The Morgan fingerprint density at radius 3 is 2.78 bits per heavy atom. The molecule has 6 heteroatoms. The second-order valence-corrected chi connectivity index (χ2v) is 6.05. The van der Waals surface area contributed by atoms with Crippen LogP contribution in [0, 0.1) is 12.7 Å². The van der Waals surface area contributed by atoms with E-state index in [1.54, 1.807) is 13.0 Å². The number of aromatic nitrogens is 2. The molecule has 0 bridgehead atoms. The Labute approximate surface area is 133 Å². The highest BCUT2D eigenvalue weighted by molar-refractivity contribution is 5.32. The normalized spacial score (nSPS) is 18.0. The molecule has 1 unspecified atom stereocenters. The largest absolute Gasteiger partial charge is 0.328 e. The van der Waals surface area contributed by atoms with E-state index < -0.39 is 0 Å². The van der Waals surface area contributed by atoms with Crippen molar-refractivity contribution in [3.8, 4) is 0 Å². The first-order valence-electron chi connectivity index (χ1n) is 7.79. The van der Waals surface area contributed by atoms with Gasteiger partial charge in [-0.3, -0.25) is 14.3 Å². The van der Waals surface area contributed by atoms with Crippen LogP contribution in [0.2, 0.25) is 0 Å². The maximum absolute atomic E-state index is 13.5. The number of hydrogen-bond donors (Lipinski definition) is 1. The minimum Gasteiger partial charge on any atom is -0.311 e. The van der Waals surface area contributed by atoms with Crippen molar-refractivity contribution in [3.05, 3.63) is 67.7 Å². The molecule has 2 aromatic rings. The highest BCUT2D eigenvalue weighted by Gasteiger charge is 2.24. The molecule has 0 fully saturated rings. The molecule has 2 heterocycles. The van der Waals surface area contributed by atoms with Crippen LogP contribution >= 0.6 is 0 Å². The average Bonchev–Trinajstić information content (AvgIpc) is 2.48. The van der Waals surface area contributed by atoms with E-state index in [-0.39, 0.29) is 23.1 Å². The number of aryl methyl sites for hydroxylation is 1. The number of aromatic amines is 1. The van der Waals surface area contributed by atoms with Crippen molar-refractivity contribution < 1.29 is 4.39 Å². The zero-order valence-electron chi connectivity index (χ0n) is 13.3. The van der Waals surface area contributed by atoms with E-state index in [0.717, 1.165) is 18.5 Å². The zero-order valence-corrected chi connectivity index (χ0v) is 13.3. The molecular formula is C17H20FN3O2. The number of hydrogen-bond acceptors (Lipinski definition) is 3. The van der Waals surface area contributed by atoms with Crippen LogP contribution in [0.5, 0.6) is 0 Å². The summed E-state index contributed by atoms with van der Waals surface area (Å²) in [6.07, 6.45) is 0.846. The maximum atomic E-state index is 13.5. The van der Waals surface area contributed by atoms with Gasteiger partial charge in [0.15, 0.2) is 0 Å². The van der Waals surface area contributed by atoms with E-state index in [9.17, 15) is 14.0 Å². The predicted octanol–water partition coefficient (Wildman–Crippen LogP) is 1.60. The second-order valence-electron chi connectivity index (χ2n) is 6.05. The molecular weight excluding hydrogens is 297 g/mol. The molecule has 5 nitrogen and oxygen atoms in total. The first-order valence-corrected chi connectivity index (χ1v) is 7.79. The SMILES string of the molecule is Cc1cc(=O)n(CCN2CCc3ccc(F)cc3C2C)c(=O)[nH]1. The molecule has 1 aliphatic rings. The number of H-pyrrole nitrogens is 1. The fourth-order valence-corrected chi connectivity index (χ4v) is 3.22. The standard InChI is InChI=1S/C17H20FN3O2/c1-11-9-16(22)21(17(23)19-11)8-7-20-6-5-13-3-4-14(18)10-15(13)12(20)2/h3-4,9-10,12H,5-8H2,1-2H3,(H,19,23). The highest BCUT2D eigenvalue weighted by atomic mass is 19.1. The Hall–Kier alpha value is -2.21. The molecule has 0 amide bonds. The number of rotatable bonds is 3. The van der Waals surface area contributed by atoms with Gasteiger partial charge in [-0.25, -0.2) is 9.18 Å². The molecule has 1 atom stereocenters. The smallest absolute Gasteiger partial charge is 0.311 e. The lowest BCUT2D eigenvalue weighted by atomic mass is 9.93. The lowest BCUT2D eigenvalue weighted by Gasteiger charge is -2.35. The molecule has 1 aromatic carbocycles. The van der Waals surface area contributed by atoms with E-state index >= 15 is 0 Å². The quantitative estimate of drug-likeness (QED) is 0.935. The minimum absolute atomic E-state index is 0.0645. The summed E-state index contributed by atoms with van der Waals surface area (Å²) in [5, 5.41) is 0. The third-order valence-corrected chi connectivity index (χ3v) is 4.54. The van der Waals surface area contributed by atoms with Gasteiger partial charge in [0.25, 0.3) is 5.56 Å². The lowest BCUT2D eigenvalue weighted by molar-refractivity contribution is 0.189. The summed E-state index contributed by atoms with van der Waals surface area (Å²) in [5.74, 6) is -0.233. The van der Waals surface area contributed by atoms with Crippen molar-refractivity contribution in [2.45, 2.75) is 32.9 Å². The molecule has 1 aliphatic heterocycles. The summed E-state index contributed by atoms with van der Waals surface area (Å²) in [6.45, 7) is 5.44. The molecule has 0 aliphatic carbocycles. The topological polar surface area (TPSA) is 58.1 Å². The van der Waals surface area contributed by atoms with Gasteiger partial charge >= 0.3 is 5.69 Å². The van der Waals surface area contributed by atoms with Crippen molar-refractivity contribution in [1.29, 1.82) is 0 Å². The van der Waals surface area contributed by atoms with Gasteiger partial charge in [-0.15, -0.1) is 0 Å². The van der Waals surface area contributed by atoms with Crippen molar-refractivity contribution in [1.82, 2.24) is 14.5 Å². The third kappa shape index (κ3) is 3.12. The van der Waals surface area contributed by atoms with Crippen LogP contribution in [0.4, 0.5) is 4.39 Å². The molecule has 1 aromatic heterocycles. The molecule has 0 saturated carbocycles. The molecule has 0 spiro atoms. The van der Waals surface area contributed by atoms with Crippen LogP contribution in [-0.4, -0.2) is 27.5 Å². The van der Waals surface area contributed by atoms with Crippen molar-refractivity contribution in [2.75, 3.05) is 13.1 Å². The summed E-state index contributed by atoms with van der Waals surface area (Å²) in [7, 11) is 0. The van der Waals surface area contributed by atoms with E-state index in [1.807, 2.05) is 13.0 Å². The Bertz CT molecular complexity index is 809. The Kier molecular flexibility index (Phi) is 4.17. The van der Waals surface area contributed by atoms with Crippen LogP contribution in [0.3, 0.4) is 0 Å². The lowest BCUT2D eigenvalue weighted by Crippen LogP contribution is -2.41. The van der Waals surface area contributed by atoms with Crippen LogP contribution in [0.15, 0.2) is 33.9 Å². The molecule has 1 N–H and O–H groups in total. The number of nitrogens with zero attached hydrogens (tertiary/aromatic N) is 2. The number of fused-ring (bicyclic) bond motifs is 1. The van der Waals surface area contributed by atoms with Gasteiger partial charge in [0.2, 0.25) is 0 Å². The minimum atomic E-state index is -0.383. The monoisotopic (exact) mass is 317 g/mol. The summed E-state index contributed by atoms with van der Waals surface area (Å²) < 4.78 is 14.7. The molecule has 0 saturated heterocycles. The zero-order chi connectivity index (χ0) is 16.6. The Morgan fingerprint density at radius 1 is 1.26 bits per heavy atom. The number of halogens is 1. The summed E-state index contributed by atoms with van der Waals surface area (Å²) in [4.78, 5) is 28.6. The van der Waals surface area contributed by atoms with E-state index in [4.69, 9.17) is 0 Å². The summed E-state index contributed by atoms with van der Waals surface area (Å²) in [6, 6.07) is 6.40. The number of nitrogens with one attached hydrogen (secondary N) is 1. The Balaban J connectivity index is 1.78. The van der Waals surface area contributed by atoms with Crippen LogP contribution < -0.4 is 11.2 Å². The van der Waals surface area contributed by atoms with Crippen molar-refractivity contribution >= 4 is 0 Å². The average molecular weight is 317 g/mol. The first-order chi connectivity index (χ1) is 11.0. The molecule has 0 radical (unpaired) electrons. The van der Waals surface area contributed by atoms with E-state index in [2.05, 4.69) is 9.88 Å². The highest BCUT2D eigenvalue weighted by Crippen LogP contribution is 2.29. The van der Waals surface area contributed by atoms with E-state index in [1.165, 1.54) is 22.3 Å². The second kappa shape index (κ2) is 6.12. The van der Waals surface area contributed by atoms with Gasteiger partial charge in [0, 0.05) is 37.4 Å². The van der Waals surface area contributed by atoms with Gasteiger partial charge in [0.05, 0.1) is 0 Å². The van der Waals surface area contributed by atoms with Crippen LogP contribution in [0.1, 0.15) is 29.8 Å². The van der Waals surface area contributed by atoms with Crippen LogP contribution in [-0.2, 0) is 13.0 Å². The third-order valence-electron chi connectivity index (χ3n) is 4.54. The Morgan fingerprint density at radius 2 is 2.04 bits per heavy atom. The van der Waals surface area contributed by atoms with Crippen molar-refractivity contribution in [3.63, 3.8) is 0 Å². The van der Waals surface area contributed by atoms with Gasteiger partial charge in [0.1, 0.15) is 5.82 Å².